The van der Waals surface area contributed by atoms with Crippen LogP contribution < -0.4 is 10.6 Å². The number of amides is 2. The maximum Gasteiger partial charge on any atom is 0.416 e. The number of halogens is 3. The van der Waals surface area contributed by atoms with E-state index in [0.717, 1.165) is 30.9 Å². The highest BCUT2D eigenvalue weighted by atomic mass is 19.4. The molecule has 0 fully saturated rings. The van der Waals surface area contributed by atoms with Gasteiger partial charge in [-0.25, -0.2) is 0 Å². The van der Waals surface area contributed by atoms with Gasteiger partial charge in [0, 0.05) is 23.2 Å². The molecule has 0 spiro atoms. The normalized spacial score (nSPS) is 13.2. The molecular formula is C30H41F3N2O2. The fourth-order valence-corrected chi connectivity index (χ4v) is 4.40. The van der Waals surface area contributed by atoms with E-state index in [1.165, 1.54) is 12.1 Å². The minimum Gasteiger partial charge on any atom is -0.347 e. The molecule has 2 N–H and O–H groups in total. The molecule has 0 bridgehead atoms. The van der Waals surface area contributed by atoms with Crippen molar-refractivity contribution in [2.24, 2.45) is 0 Å². The summed E-state index contributed by atoms with van der Waals surface area (Å²) in [5.41, 5.74) is 0.435. The van der Waals surface area contributed by atoms with E-state index in [4.69, 9.17) is 0 Å². The van der Waals surface area contributed by atoms with Crippen molar-refractivity contribution < 1.29 is 22.8 Å². The smallest absolute Gasteiger partial charge is 0.347 e. The van der Waals surface area contributed by atoms with Crippen molar-refractivity contribution in [3.05, 3.63) is 64.7 Å². The SMILES string of the molecule is CCCCCC(CC(=O)Nc1cc(C(=O)NC(C)(C)C)ccc1C(C)(C)C)c1ccccc1C(F)(F)F. The predicted molar refractivity (Wildman–Crippen MR) is 144 cm³/mol. The van der Waals surface area contributed by atoms with Crippen LogP contribution in [0.2, 0.25) is 0 Å². The lowest BCUT2D eigenvalue weighted by Crippen LogP contribution is -2.40. The highest BCUT2D eigenvalue weighted by molar-refractivity contribution is 5.98. The molecule has 2 aromatic carbocycles. The zero-order valence-electron chi connectivity index (χ0n) is 23.1. The molecule has 0 radical (unpaired) electrons. The Kier molecular flexibility index (Phi) is 9.97. The maximum absolute atomic E-state index is 13.8. The monoisotopic (exact) mass is 518 g/mol. The van der Waals surface area contributed by atoms with Crippen LogP contribution in [0.25, 0.3) is 0 Å². The van der Waals surface area contributed by atoms with Crippen LogP contribution >= 0.6 is 0 Å². The zero-order valence-corrected chi connectivity index (χ0v) is 23.1. The first kappa shape index (κ1) is 30.4. The van der Waals surface area contributed by atoms with Crippen LogP contribution in [0.4, 0.5) is 18.9 Å². The van der Waals surface area contributed by atoms with Gasteiger partial charge in [0.1, 0.15) is 0 Å². The van der Waals surface area contributed by atoms with Gasteiger partial charge in [0.25, 0.3) is 5.91 Å². The van der Waals surface area contributed by atoms with E-state index in [1.54, 1.807) is 18.2 Å². The topological polar surface area (TPSA) is 58.2 Å². The molecule has 0 saturated heterocycles. The lowest BCUT2D eigenvalue weighted by molar-refractivity contribution is -0.138. The number of hydrogen-bond acceptors (Lipinski definition) is 2. The average molecular weight is 519 g/mol. The summed E-state index contributed by atoms with van der Waals surface area (Å²) < 4.78 is 41.3. The van der Waals surface area contributed by atoms with Gasteiger partial charge in [0.05, 0.1) is 5.56 Å². The fraction of sp³-hybridized carbons (Fsp3) is 0.533. The third-order valence-corrected chi connectivity index (χ3v) is 6.15. The van der Waals surface area contributed by atoms with Gasteiger partial charge in [-0.05, 0) is 67.9 Å². The van der Waals surface area contributed by atoms with Gasteiger partial charge in [-0.15, -0.1) is 0 Å². The van der Waals surface area contributed by atoms with Gasteiger partial charge in [-0.3, -0.25) is 9.59 Å². The van der Waals surface area contributed by atoms with Crippen LogP contribution in [0.3, 0.4) is 0 Å². The number of hydrogen-bond donors (Lipinski definition) is 2. The number of unbranched alkanes of at least 4 members (excludes halogenated alkanes) is 2. The van der Waals surface area contributed by atoms with Gasteiger partial charge in [-0.1, -0.05) is 71.2 Å². The molecule has 0 saturated carbocycles. The average Bonchev–Trinajstić information content (AvgIpc) is 2.76. The Morgan fingerprint density at radius 1 is 0.892 bits per heavy atom. The molecule has 4 nitrogen and oxygen atoms in total. The van der Waals surface area contributed by atoms with Crippen molar-refractivity contribution in [1.29, 1.82) is 0 Å². The van der Waals surface area contributed by atoms with Gasteiger partial charge < -0.3 is 10.6 Å². The summed E-state index contributed by atoms with van der Waals surface area (Å²) in [4.78, 5) is 26.1. The number of carbonyl (C=O) groups excluding carboxylic acids is 2. The highest BCUT2D eigenvalue weighted by Gasteiger charge is 2.35. The van der Waals surface area contributed by atoms with Crippen LogP contribution in [0.15, 0.2) is 42.5 Å². The van der Waals surface area contributed by atoms with Crippen molar-refractivity contribution in [3.8, 4) is 0 Å². The highest BCUT2D eigenvalue weighted by Crippen LogP contribution is 2.38. The molecule has 2 rings (SSSR count). The Balaban J connectivity index is 2.39. The molecule has 0 aliphatic carbocycles. The lowest BCUT2D eigenvalue weighted by Gasteiger charge is -2.26. The molecular weight excluding hydrogens is 477 g/mol. The molecule has 7 heteroatoms. The molecule has 2 aromatic rings. The first-order chi connectivity index (χ1) is 17.0. The number of nitrogens with one attached hydrogen (secondary N) is 2. The Labute approximate surface area is 219 Å². The van der Waals surface area contributed by atoms with Gasteiger partial charge >= 0.3 is 6.18 Å². The number of benzene rings is 2. The van der Waals surface area contributed by atoms with Gasteiger partial charge in [0.2, 0.25) is 5.91 Å². The van der Waals surface area contributed by atoms with Gasteiger partial charge in [0.15, 0.2) is 0 Å². The maximum atomic E-state index is 13.8. The number of alkyl halides is 3. The lowest BCUT2D eigenvalue weighted by atomic mass is 9.84. The van der Waals surface area contributed by atoms with E-state index in [0.29, 0.717) is 17.7 Å². The quantitative estimate of drug-likeness (QED) is 0.329. The van der Waals surface area contributed by atoms with E-state index in [1.807, 2.05) is 54.5 Å². The zero-order chi connectivity index (χ0) is 28.0. The van der Waals surface area contributed by atoms with Crippen molar-refractivity contribution in [1.82, 2.24) is 5.32 Å². The molecule has 204 valence electrons. The van der Waals surface area contributed by atoms with Crippen LogP contribution in [0.5, 0.6) is 0 Å². The second-order valence-electron chi connectivity index (χ2n) is 11.7. The summed E-state index contributed by atoms with van der Waals surface area (Å²) in [5.74, 6) is -1.22. The molecule has 0 aliphatic rings. The van der Waals surface area contributed by atoms with Crippen molar-refractivity contribution in [3.63, 3.8) is 0 Å². The number of carbonyl (C=O) groups is 2. The van der Waals surface area contributed by atoms with Crippen molar-refractivity contribution in [2.45, 2.75) is 104 Å². The first-order valence-electron chi connectivity index (χ1n) is 13.0. The van der Waals surface area contributed by atoms with E-state index in [9.17, 15) is 22.8 Å². The Morgan fingerprint density at radius 2 is 1.54 bits per heavy atom. The molecule has 1 atom stereocenters. The largest absolute Gasteiger partial charge is 0.416 e. The second kappa shape index (κ2) is 12.1. The third kappa shape index (κ3) is 9.20. The Bertz CT molecular complexity index is 1080. The molecule has 2 amide bonds. The summed E-state index contributed by atoms with van der Waals surface area (Å²) in [6.45, 7) is 13.7. The number of anilines is 1. The van der Waals surface area contributed by atoms with E-state index in [-0.39, 0.29) is 29.2 Å². The van der Waals surface area contributed by atoms with E-state index >= 15 is 0 Å². The Morgan fingerprint density at radius 3 is 2.11 bits per heavy atom. The third-order valence-electron chi connectivity index (χ3n) is 6.15. The van der Waals surface area contributed by atoms with Crippen LogP contribution in [0, 0.1) is 0 Å². The summed E-state index contributed by atoms with van der Waals surface area (Å²) >= 11 is 0. The first-order valence-corrected chi connectivity index (χ1v) is 13.0. The molecule has 0 aliphatic heterocycles. The summed E-state index contributed by atoms with van der Waals surface area (Å²) in [5, 5.41) is 5.84. The molecule has 0 heterocycles. The predicted octanol–water partition coefficient (Wildman–Crippen LogP) is 8.22. The molecule has 1 unspecified atom stereocenters. The second-order valence-corrected chi connectivity index (χ2v) is 11.7. The van der Waals surface area contributed by atoms with Crippen LogP contribution in [-0.4, -0.2) is 17.4 Å². The van der Waals surface area contributed by atoms with Crippen molar-refractivity contribution >= 4 is 17.5 Å². The number of rotatable bonds is 9. The van der Waals surface area contributed by atoms with E-state index in [2.05, 4.69) is 10.6 Å². The molecule has 0 aromatic heterocycles. The van der Waals surface area contributed by atoms with Gasteiger partial charge in [-0.2, -0.15) is 13.2 Å². The standard InChI is InChI=1S/C30H41F3N2O2/c1-8-9-10-13-20(22-14-11-12-15-23(22)30(31,32)33)19-26(36)34-25-18-21(27(37)35-29(5,6)7)16-17-24(25)28(2,3)4/h11-12,14-18,20H,8-10,13,19H2,1-7H3,(H,34,36)(H,35,37). The summed E-state index contributed by atoms with van der Waals surface area (Å²) in [7, 11) is 0. The molecule has 37 heavy (non-hydrogen) atoms. The minimum absolute atomic E-state index is 0.0845. The van der Waals surface area contributed by atoms with Crippen LogP contribution in [-0.2, 0) is 16.4 Å². The summed E-state index contributed by atoms with van der Waals surface area (Å²) in [6.07, 6.45) is -1.56. The Hall–Kier alpha value is -2.83. The van der Waals surface area contributed by atoms with E-state index < -0.39 is 23.2 Å². The minimum atomic E-state index is -4.50. The fourth-order valence-electron chi connectivity index (χ4n) is 4.40. The summed E-state index contributed by atoms with van der Waals surface area (Å²) in [6, 6.07) is 10.7. The van der Waals surface area contributed by atoms with Crippen LogP contribution in [0.1, 0.15) is 114 Å². The van der Waals surface area contributed by atoms with Crippen molar-refractivity contribution in [2.75, 3.05) is 5.32 Å².